The van der Waals surface area contributed by atoms with Crippen LogP contribution in [0.3, 0.4) is 0 Å². The van der Waals surface area contributed by atoms with Crippen molar-refractivity contribution in [2.24, 2.45) is 0 Å². The summed E-state index contributed by atoms with van der Waals surface area (Å²) in [5.74, 6) is -0.213. The molecule has 7 heteroatoms. The summed E-state index contributed by atoms with van der Waals surface area (Å²) < 4.78 is 24.8. The fourth-order valence-corrected chi connectivity index (χ4v) is 3.18. The van der Waals surface area contributed by atoms with Crippen LogP contribution in [0.15, 0.2) is 54.6 Å². The highest BCUT2D eigenvalue weighted by molar-refractivity contribution is 7.92. The zero-order valence-electron chi connectivity index (χ0n) is 14.6. The monoisotopic (exact) mass is 392 g/mol. The van der Waals surface area contributed by atoms with Crippen LogP contribution in [0.5, 0.6) is 0 Å². The zero-order chi connectivity index (χ0) is 19.2. The summed E-state index contributed by atoms with van der Waals surface area (Å²) in [6.07, 6.45) is 4.96. The van der Waals surface area contributed by atoms with Crippen LogP contribution in [0.1, 0.15) is 30.5 Å². The Morgan fingerprint density at radius 1 is 1.19 bits per heavy atom. The quantitative estimate of drug-likeness (QED) is 0.699. The van der Waals surface area contributed by atoms with Gasteiger partial charge in [-0.25, -0.2) is 8.42 Å². The molecule has 2 N–H and O–H groups in total. The van der Waals surface area contributed by atoms with E-state index in [1.165, 1.54) is 6.08 Å². The van der Waals surface area contributed by atoms with Crippen LogP contribution >= 0.6 is 11.6 Å². The Bertz CT molecular complexity index is 893. The molecule has 1 atom stereocenters. The molecule has 0 aliphatic carbocycles. The van der Waals surface area contributed by atoms with Crippen molar-refractivity contribution in [3.05, 3.63) is 70.8 Å². The fraction of sp³-hybridized carbons (Fsp3) is 0.211. The molecule has 0 saturated carbocycles. The van der Waals surface area contributed by atoms with Crippen LogP contribution in [0, 0.1) is 0 Å². The van der Waals surface area contributed by atoms with E-state index in [1.807, 2.05) is 25.1 Å². The number of carbonyl (C=O) groups excluding carboxylic acids is 1. The third-order valence-corrected chi connectivity index (χ3v) is 4.46. The lowest BCUT2D eigenvalue weighted by atomic mass is 10.0. The maximum Gasteiger partial charge on any atom is 0.244 e. The Hall–Kier alpha value is -2.31. The van der Waals surface area contributed by atoms with E-state index in [0.717, 1.165) is 23.8 Å². The molecule has 0 aromatic heterocycles. The van der Waals surface area contributed by atoms with E-state index < -0.39 is 10.0 Å². The highest BCUT2D eigenvalue weighted by Crippen LogP contribution is 2.20. The van der Waals surface area contributed by atoms with E-state index in [4.69, 9.17) is 11.6 Å². The highest BCUT2D eigenvalue weighted by Gasteiger charge is 2.11. The van der Waals surface area contributed by atoms with Crippen LogP contribution < -0.4 is 10.0 Å². The number of anilines is 1. The summed E-state index contributed by atoms with van der Waals surface area (Å²) >= 11 is 6.01. The van der Waals surface area contributed by atoms with Crippen molar-refractivity contribution in [3.63, 3.8) is 0 Å². The molecule has 2 aromatic rings. The van der Waals surface area contributed by atoms with Crippen LogP contribution in [-0.2, 0) is 14.8 Å². The summed E-state index contributed by atoms with van der Waals surface area (Å²) in [4.78, 5) is 12.2. The first-order valence-corrected chi connectivity index (χ1v) is 10.4. The second-order valence-electron chi connectivity index (χ2n) is 5.85. The average Bonchev–Trinajstić information content (AvgIpc) is 2.57. The molecule has 0 heterocycles. The van der Waals surface area contributed by atoms with Gasteiger partial charge in [-0.05, 0) is 47.9 Å². The van der Waals surface area contributed by atoms with Crippen LogP contribution in [0.25, 0.3) is 6.08 Å². The number of amides is 1. The second kappa shape index (κ2) is 8.87. The fourth-order valence-electron chi connectivity index (χ4n) is 2.41. The van der Waals surface area contributed by atoms with Gasteiger partial charge in [0.25, 0.3) is 0 Å². The molecule has 0 spiro atoms. The van der Waals surface area contributed by atoms with Gasteiger partial charge in [0.1, 0.15) is 0 Å². The average molecular weight is 393 g/mol. The van der Waals surface area contributed by atoms with E-state index >= 15 is 0 Å². The number of hydrogen-bond acceptors (Lipinski definition) is 3. The second-order valence-corrected chi connectivity index (χ2v) is 8.04. The van der Waals surface area contributed by atoms with Crippen molar-refractivity contribution in [1.29, 1.82) is 0 Å². The maximum atomic E-state index is 12.2. The van der Waals surface area contributed by atoms with Gasteiger partial charge in [0, 0.05) is 16.8 Å². The van der Waals surface area contributed by atoms with E-state index in [2.05, 4.69) is 10.0 Å². The molecule has 0 bridgehead atoms. The van der Waals surface area contributed by atoms with Crippen molar-refractivity contribution >= 4 is 39.3 Å². The first-order chi connectivity index (χ1) is 12.3. The molecule has 0 radical (unpaired) electrons. The Labute approximate surface area is 159 Å². The summed E-state index contributed by atoms with van der Waals surface area (Å²) in [6.45, 7) is 1.99. The lowest BCUT2D eigenvalue weighted by molar-refractivity contribution is -0.117. The number of benzene rings is 2. The summed E-state index contributed by atoms with van der Waals surface area (Å²) in [5, 5.41) is 3.58. The Kier molecular flexibility index (Phi) is 6.83. The Morgan fingerprint density at radius 2 is 1.88 bits per heavy atom. The van der Waals surface area contributed by atoms with Gasteiger partial charge in [-0.15, -0.1) is 0 Å². The van der Waals surface area contributed by atoms with Crippen molar-refractivity contribution in [2.45, 2.75) is 19.4 Å². The Morgan fingerprint density at radius 3 is 2.46 bits per heavy atom. The molecule has 2 rings (SSSR count). The molecule has 0 saturated heterocycles. The third-order valence-electron chi connectivity index (χ3n) is 3.62. The first-order valence-electron chi connectivity index (χ1n) is 8.08. The molecular formula is C19H21ClN2O3S. The molecule has 0 aliphatic rings. The van der Waals surface area contributed by atoms with Crippen LogP contribution in [0.2, 0.25) is 5.02 Å². The smallest absolute Gasteiger partial charge is 0.244 e. The number of carbonyl (C=O) groups is 1. The van der Waals surface area contributed by atoms with E-state index in [9.17, 15) is 13.2 Å². The lowest BCUT2D eigenvalue weighted by Crippen LogP contribution is -2.26. The van der Waals surface area contributed by atoms with Crippen molar-refractivity contribution in [1.82, 2.24) is 5.32 Å². The number of rotatable bonds is 7. The van der Waals surface area contributed by atoms with E-state index in [0.29, 0.717) is 10.7 Å². The van der Waals surface area contributed by atoms with Gasteiger partial charge in [-0.1, -0.05) is 42.8 Å². The van der Waals surface area contributed by atoms with Crippen molar-refractivity contribution < 1.29 is 13.2 Å². The van der Waals surface area contributed by atoms with Gasteiger partial charge < -0.3 is 5.32 Å². The minimum Gasteiger partial charge on any atom is -0.346 e. The molecule has 0 aliphatic heterocycles. The minimum atomic E-state index is -3.30. The van der Waals surface area contributed by atoms with Crippen LogP contribution in [0.4, 0.5) is 5.69 Å². The largest absolute Gasteiger partial charge is 0.346 e. The predicted molar refractivity (Wildman–Crippen MR) is 107 cm³/mol. The number of hydrogen-bond donors (Lipinski definition) is 2. The van der Waals surface area contributed by atoms with Gasteiger partial charge in [0.15, 0.2) is 0 Å². The highest BCUT2D eigenvalue weighted by atomic mass is 35.5. The molecule has 1 amide bonds. The van der Waals surface area contributed by atoms with Crippen molar-refractivity contribution in [2.75, 3.05) is 11.0 Å². The van der Waals surface area contributed by atoms with Gasteiger partial charge in [0.05, 0.1) is 12.3 Å². The molecule has 5 nitrogen and oxygen atoms in total. The molecular weight excluding hydrogens is 372 g/mol. The first kappa shape index (κ1) is 20.0. The standard InChI is InChI=1S/C19H21ClN2O3S/c1-3-18(15-5-4-6-16(20)13-15)21-19(23)12-9-14-7-10-17(11-8-14)22-26(2,24)25/h4-13,18,22H,3H2,1-2H3,(H,21,23)/b12-9+. The molecule has 138 valence electrons. The van der Waals surface area contributed by atoms with Gasteiger partial charge in [-0.2, -0.15) is 0 Å². The zero-order valence-corrected chi connectivity index (χ0v) is 16.1. The SMILES string of the molecule is CCC(NC(=O)/C=C/c1ccc(NS(C)(=O)=O)cc1)c1cccc(Cl)c1. The lowest BCUT2D eigenvalue weighted by Gasteiger charge is -2.16. The maximum absolute atomic E-state index is 12.2. The number of sulfonamides is 1. The normalized spacial score (nSPS) is 12.7. The minimum absolute atomic E-state index is 0.118. The van der Waals surface area contributed by atoms with E-state index in [-0.39, 0.29) is 11.9 Å². The molecule has 2 aromatic carbocycles. The number of nitrogens with one attached hydrogen (secondary N) is 2. The van der Waals surface area contributed by atoms with Crippen molar-refractivity contribution in [3.8, 4) is 0 Å². The summed E-state index contributed by atoms with van der Waals surface area (Å²) in [7, 11) is -3.30. The van der Waals surface area contributed by atoms with E-state index in [1.54, 1.807) is 36.4 Å². The summed E-state index contributed by atoms with van der Waals surface area (Å²) in [6, 6.07) is 14.0. The van der Waals surface area contributed by atoms with Gasteiger partial charge in [0.2, 0.25) is 15.9 Å². The van der Waals surface area contributed by atoms with Crippen LogP contribution in [-0.4, -0.2) is 20.6 Å². The molecule has 26 heavy (non-hydrogen) atoms. The number of halogens is 1. The third kappa shape index (κ3) is 6.54. The topological polar surface area (TPSA) is 75.3 Å². The van der Waals surface area contributed by atoms with Gasteiger partial charge >= 0.3 is 0 Å². The molecule has 1 unspecified atom stereocenters. The molecule has 0 fully saturated rings. The predicted octanol–water partition coefficient (Wildman–Crippen LogP) is 3.99. The van der Waals surface area contributed by atoms with Gasteiger partial charge in [-0.3, -0.25) is 9.52 Å². The summed E-state index contributed by atoms with van der Waals surface area (Å²) in [5.41, 5.74) is 2.22. The Balaban J connectivity index is 2.00.